The van der Waals surface area contributed by atoms with Crippen molar-refractivity contribution in [3.8, 4) is 5.75 Å². The Morgan fingerprint density at radius 2 is 1.94 bits per heavy atom. The zero-order chi connectivity index (χ0) is 22.1. The first-order valence-corrected chi connectivity index (χ1v) is 12.8. The van der Waals surface area contributed by atoms with Gasteiger partial charge in [0.2, 0.25) is 5.91 Å². The van der Waals surface area contributed by atoms with E-state index in [1.165, 1.54) is 19.3 Å². The molecule has 2 amide bonds. The van der Waals surface area contributed by atoms with Gasteiger partial charge in [-0.1, -0.05) is 38.2 Å². The quantitative estimate of drug-likeness (QED) is 0.533. The molecule has 172 valence electrons. The van der Waals surface area contributed by atoms with Crippen LogP contribution in [0.3, 0.4) is 0 Å². The Bertz CT molecular complexity index is 724. The number of hydrogen-bond donors (Lipinski definition) is 2. The van der Waals surface area contributed by atoms with E-state index in [1.807, 2.05) is 23.1 Å². The highest BCUT2D eigenvalue weighted by atomic mass is 32.2. The van der Waals surface area contributed by atoms with Crippen LogP contribution in [0.5, 0.6) is 5.75 Å². The van der Waals surface area contributed by atoms with Crippen LogP contribution in [0.2, 0.25) is 0 Å². The van der Waals surface area contributed by atoms with Crippen LogP contribution in [0.4, 0.5) is 0 Å². The first kappa shape index (κ1) is 23.9. The Hall–Kier alpha value is -1.73. The molecule has 1 saturated carbocycles. The van der Waals surface area contributed by atoms with Crippen molar-refractivity contribution in [2.45, 2.75) is 69.2 Å². The van der Waals surface area contributed by atoms with Gasteiger partial charge in [-0.2, -0.15) is 0 Å². The normalized spacial score (nSPS) is 21.8. The zero-order valence-electron chi connectivity index (χ0n) is 18.7. The fraction of sp³-hybridized carbons (Fsp3) is 0.667. The number of hydrogen-bond acceptors (Lipinski definition) is 5. The zero-order valence-corrected chi connectivity index (χ0v) is 19.5. The lowest BCUT2D eigenvalue weighted by Gasteiger charge is -2.35. The summed E-state index contributed by atoms with van der Waals surface area (Å²) in [6, 6.07) is 6.85. The molecule has 1 saturated heterocycles. The Morgan fingerprint density at radius 1 is 1.16 bits per heavy atom. The van der Waals surface area contributed by atoms with Gasteiger partial charge in [0.05, 0.1) is 12.5 Å². The van der Waals surface area contributed by atoms with E-state index in [2.05, 4.69) is 5.32 Å². The minimum Gasteiger partial charge on any atom is -0.497 e. The summed E-state index contributed by atoms with van der Waals surface area (Å²) in [5, 5.41) is 3.15. The molecule has 7 heteroatoms. The van der Waals surface area contributed by atoms with Gasteiger partial charge in [0.25, 0.3) is 5.91 Å². The summed E-state index contributed by atoms with van der Waals surface area (Å²) < 4.78 is 5.32. The smallest absolute Gasteiger partial charge is 0.255 e. The Balaban J connectivity index is 1.71. The molecule has 31 heavy (non-hydrogen) atoms. The predicted octanol–water partition coefficient (Wildman–Crippen LogP) is 3.79. The number of nitrogens with two attached hydrogens (primary N) is 1. The van der Waals surface area contributed by atoms with Crippen LogP contribution in [-0.2, 0) is 4.79 Å². The second-order valence-electron chi connectivity index (χ2n) is 8.58. The topological polar surface area (TPSA) is 84.7 Å². The molecule has 0 radical (unpaired) electrons. The number of nitrogens with one attached hydrogen (secondary N) is 1. The van der Waals surface area contributed by atoms with Gasteiger partial charge >= 0.3 is 0 Å². The van der Waals surface area contributed by atoms with Gasteiger partial charge < -0.3 is 20.7 Å². The fourth-order valence-electron chi connectivity index (χ4n) is 4.63. The van der Waals surface area contributed by atoms with E-state index < -0.39 is 6.04 Å². The molecule has 2 aliphatic rings. The second kappa shape index (κ2) is 12.3. The minimum atomic E-state index is -0.417. The number of amides is 2. The van der Waals surface area contributed by atoms with E-state index in [0.717, 1.165) is 45.1 Å². The van der Waals surface area contributed by atoms with Crippen molar-refractivity contribution in [2.24, 2.45) is 11.7 Å². The summed E-state index contributed by atoms with van der Waals surface area (Å²) in [4.78, 5) is 28.5. The highest BCUT2D eigenvalue weighted by molar-refractivity contribution is 8.00. The first-order valence-electron chi connectivity index (χ1n) is 11.7. The Labute approximate surface area is 190 Å². The van der Waals surface area contributed by atoms with Crippen molar-refractivity contribution in [3.63, 3.8) is 0 Å². The number of rotatable bonds is 10. The van der Waals surface area contributed by atoms with Gasteiger partial charge in [0.15, 0.2) is 0 Å². The van der Waals surface area contributed by atoms with Crippen molar-refractivity contribution >= 4 is 23.6 Å². The van der Waals surface area contributed by atoms with Gasteiger partial charge in [0.1, 0.15) is 11.8 Å². The number of methoxy groups -OCH3 is 1. The predicted molar refractivity (Wildman–Crippen MR) is 126 cm³/mol. The van der Waals surface area contributed by atoms with E-state index in [4.69, 9.17) is 10.5 Å². The van der Waals surface area contributed by atoms with Crippen molar-refractivity contribution in [1.82, 2.24) is 10.2 Å². The van der Waals surface area contributed by atoms with Gasteiger partial charge in [-0.05, 0) is 56.3 Å². The van der Waals surface area contributed by atoms with E-state index in [0.29, 0.717) is 29.5 Å². The van der Waals surface area contributed by atoms with Gasteiger partial charge in [-0.25, -0.2) is 0 Å². The molecular formula is C24H37N3O3S. The summed E-state index contributed by atoms with van der Waals surface area (Å²) in [6.07, 6.45) is 10.1. The molecule has 2 atom stereocenters. The van der Waals surface area contributed by atoms with E-state index in [-0.39, 0.29) is 17.2 Å². The summed E-state index contributed by atoms with van der Waals surface area (Å²) >= 11 is 1.78. The lowest BCUT2D eigenvalue weighted by Crippen LogP contribution is -2.51. The first-order chi connectivity index (χ1) is 15.2. The van der Waals surface area contributed by atoms with Crippen LogP contribution in [-0.4, -0.2) is 54.1 Å². The van der Waals surface area contributed by atoms with Crippen molar-refractivity contribution in [3.05, 3.63) is 29.8 Å². The number of carbonyl (C=O) groups excluding carboxylic acids is 2. The third-order valence-electron chi connectivity index (χ3n) is 6.37. The maximum absolute atomic E-state index is 13.6. The SMILES string of the molecule is COc1cccc(C(=O)N2C(C(=O)NCCCCCCN)CSC2C2CCCCC2)c1. The van der Waals surface area contributed by atoms with E-state index in [1.54, 1.807) is 24.9 Å². The van der Waals surface area contributed by atoms with Gasteiger partial charge in [-0.3, -0.25) is 9.59 Å². The molecule has 3 rings (SSSR count). The van der Waals surface area contributed by atoms with Crippen LogP contribution in [0.15, 0.2) is 24.3 Å². The molecule has 0 aromatic heterocycles. The summed E-state index contributed by atoms with van der Waals surface area (Å²) in [6.45, 7) is 1.37. The van der Waals surface area contributed by atoms with E-state index in [9.17, 15) is 9.59 Å². The summed E-state index contributed by atoms with van der Waals surface area (Å²) in [7, 11) is 1.60. The number of benzene rings is 1. The number of thioether (sulfide) groups is 1. The average molecular weight is 448 g/mol. The molecule has 2 unspecified atom stereocenters. The largest absolute Gasteiger partial charge is 0.497 e. The minimum absolute atomic E-state index is 0.0270. The molecule has 1 heterocycles. The molecule has 1 aromatic carbocycles. The lowest BCUT2D eigenvalue weighted by molar-refractivity contribution is -0.125. The highest BCUT2D eigenvalue weighted by Gasteiger charge is 2.45. The highest BCUT2D eigenvalue weighted by Crippen LogP contribution is 2.41. The van der Waals surface area contributed by atoms with Crippen LogP contribution in [0, 0.1) is 5.92 Å². The number of ether oxygens (including phenoxy) is 1. The van der Waals surface area contributed by atoms with Crippen molar-refractivity contribution in [2.75, 3.05) is 26.0 Å². The molecular weight excluding hydrogens is 410 g/mol. The van der Waals surface area contributed by atoms with Crippen LogP contribution >= 0.6 is 11.8 Å². The van der Waals surface area contributed by atoms with Crippen molar-refractivity contribution in [1.29, 1.82) is 0 Å². The molecule has 6 nitrogen and oxygen atoms in total. The molecule has 0 bridgehead atoms. The summed E-state index contributed by atoms with van der Waals surface area (Å²) in [5.74, 6) is 1.69. The standard InChI is InChI=1S/C24H37N3O3S/c1-30-20-13-9-12-19(16-20)23(29)27-21(22(28)26-15-8-3-2-7-14-25)17-31-24(27)18-10-5-4-6-11-18/h9,12-13,16,18,21,24H,2-8,10-11,14-15,17,25H2,1H3,(H,26,28). The second-order valence-corrected chi connectivity index (χ2v) is 9.73. The number of nitrogens with zero attached hydrogens (tertiary/aromatic N) is 1. The molecule has 1 aliphatic heterocycles. The van der Waals surface area contributed by atoms with Gasteiger partial charge in [0, 0.05) is 17.9 Å². The number of unbranched alkanes of at least 4 members (excludes halogenated alkanes) is 3. The number of carbonyl (C=O) groups is 2. The fourth-order valence-corrected chi connectivity index (χ4v) is 6.27. The Morgan fingerprint density at radius 3 is 2.68 bits per heavy atom. The van der Waals surface area contributed by atoms with Gasteiger partial charge in [-0.15, -0.1) is 11.8 Å². The maximum atomic E-state index is 13.6. The lowest BCUT2D eigenvalue weighted by atomic mass is 9.88. The van der Waals surface area contributed by atoms with Crippen molar-refractivity contribution < 1.29 is 14.3 Å². The van der Waals surface area contributed by atoms with Crippen LogP contribution in [0.25, 0.3) is 0 Å². The molecule has 1 aliphatic carbocycles. The Kier molecular flexibility index (Phi) is 9.53. The molecule has 0 spiro atoms. The third-order valence-corrected chi connectivity index (χ3v) is 7.83. The van der Waals surface area contributed by atoms with Crippen LogP contribution < -0.4 is 15.8 Å². The van der Waals surface area contributed by atoms with Crippen LogP contribution in [0.1, 0.15) is 68.1 Å². The third kappa shape index (κ3) is 6.39. The summed E-state index contributed by atoms with van der Waals surface area (Å²) in [5.41, 5.74) is 6.13. The molecule has 3 N–H and O–H groups in total. The van der Waals surface area contributed by atoms with E-state index >= 15 is 0 Å². The average Bonchev–Trinajstić information content (AvgIpc) is 3.26. The molecule has 2 fully saturated rings. The monoisotopic (exact) mass is 447 g/mol. The molecule has 1 aromatic rings. The maximum Gasteiger partial charge on any atom is 0.255 e.